The summed E-state index contributed by atoms with van der Waals surface area (Å²) in [6, 6.07) is 14.6. The number of benzene rings is 2. The van der Waals surface area contributed by atoms with Crippen LogP contribution in [-0.4, -0.2) is 13.4 Å². The van der Waals surface area contributed by atoms with Crippen LogP contribution in [0.15, 0.2) is 53.4 Å². The van der Waals surface area contributed by atoms with Crippen LogP contribution in [-0.2, 0) is 15.6 Å². The van der Waals surface area contributed by atoms with E-state index < -0.39 is 9.84 Å². The Kier molecular flexibility index (Phi) is 3.31. The zero-order valence-corrected chi connectivity index (χ0v) is 12.5. The van der Waals surface area contributed by atoms with Crippen molar-refractivity contribution < 1.29 is 8.42 Å². The average molecular weight is 303 g/mol. The van der Waals surface area contributed by atoms with Gasteiger partial charge in [0.05, 0.1) is 15.1 Å². The number of sulfone groups is 1. The molecule has 3 aromatic rings. The fourth-order valence-electron chi connectivity index (χ4n) is 1.97. The highest BCUT2D eigenvalue weighted by atomic mass is 32.2. The molecule has 20 heavy (non-hydrogen) atoms. The van der Waals surface area contributed by atoms with Gasteiger partial charge in [-0.05, 0) is 31.2 Å². The Morgan fingerprint density at radius 1 is 1.05 bits per heavy atom. The van der Waals surface area contributed by atoms with Crippen LogP contribution in [0.3, 0.4) is 0 Å². The van der Waals surface area contributed by atoms with Crippen molar-refractivity contribution in [2.24, 2.45) is 0 Å². The molecule has 0 fully saturated rings. The van der Waals surface area contributed by atoms with E-state index in [-0.39, 0.29) is 5.75 Å². The number of hydrogen-bond acceptors (Lipinski definition) is 4. The third-order valence-electron chi connectivity index (χ3n) is 3.03. The number of aromatic nitrogens is 1. The third-order valence-corrected chi connectivity index (χ3v) is 5.89. The maximum absolute atomic E-state index is 12.4. The lowest BCUT2D eigenvalue weighted by Gasteiger charge is -2.02. The van der Waals surface area contributed by atoms with E-state index >= 15 is 0 Å². The molecular formula is C15H13NO2S2. The largest absolute Gasteiger partial charge is 0.240 e. The predicted molar refractivity (Wildman–Crippen MR) is 81.7 cm³/mol. The smallest absolute Gasteiger partial charge is 0.184 e. The molecule has 0 radical (unpaired) electrons. The Hall–Kier alpha value is -1.72. The SMILES string of the molecule is Cc1ccc(S(=O)(=O)Cc2nc3ccccc3s2)cc1. The first-order valence-corrected chi connectivity index (χ1v) is 8.65. The number of aryl methyl sites for hydroxylation is 1. The zero-order valence-electron chi connectivity index (χ0n) is 10.9. The van der Waals surface area contributed by atoms with Crippen molar-refractivity contribution in [3.8, 4) is 0 Å². The molecular weight excluding hydrogens is 290 g/mol. The van der Waals surface area contributed by atoms with Gasteiger partial charge in [-0.3, -0.25) is 0 Å². The van der Waals surface area contributed by atoms with Gasteiger partial charge in [0, 0.05) is 0 Å². The fourth-order valence-corrected chi connectivity index (χ4v) is 4.54. The van der Waals surface area contributed by atoms with Crippen molar-refractivity contribution in [2.45, 2.75) is 17.6 Å². The molecule has 0 spiro atoms. The molecule has 102 valence electrons. The highest BCUT2D eigenvalue weighted by Crippen LogP contribution is 2.25. The molecule has 3 nitrogen and oxygen atoms in total. The molecule has 0 aliphatic carbocycles. The van der Waals surface area contributed by atoms with Crippen LogP contribution in [0.1, 0.15) is 10.6 Å². The summed E-state index contributed by atoms with van der Waals surface area (Å²) in [5, 5.41) is 0.631. The van der Waals surface area contributed by atoms with Crippen molar-refractivity contribution in [3.05, 3.63) is 59.1 Å². The van der Waals surface area contributed by atoms with E-state index in [0.717, 1.165) is 15.8 Å². The van der Waals surface area contributed by atoms with E-state index in [1.54, 1.807) is 12.1 Å². The van der Waals surface area contributed by atoms with Gasteiger partial charge in [0.2, 0.25) is 0 Å². The van der Waals surface area contributed by atoms with E-state index in [1.807, 2.05) is 43.3 Å². The first kappa shape index (κ1) is 13.3. The lowest BCUT2D eigenvalue weighted by Crippen LogP contribution is -2.04. The monoisotopic (exact) mass is 303 g/mol. The molecule has 1 aromatic heterocycles. The van der Waals surface area contributed by atoms with Crippen molar-refractivity contribution in [1.29, 1.82) is 0 Å². The van der Waals surface area contributed by atoms with E-state index in [2.05, 4.69) is 4.98 Å². The predicted octanol–water partition coefficient (Wildman–Crippen LogP) is 3.58. The molecule has 0 saturated carbocycles. The summed E-state index contributed by atoms with van der Waals surface area (Å²) in [4.78, 5) is 4.73. The zero-order chi connectivity index (χ0) is 14.2. The van der Waals surface area contributed by atoms with Crippen LogP contribution in [0, 0.1) is 6.92 Å². The van der Waals surface area contributed by atoms with Gasteiger partial charge in [-0.2, -0.15) is 0 Å². The normalized spacial score (nSPS) is 11.8. The maximum Gasteiger partial charge on any atom is 0.184 e. The van der Waals surface area contributed by atoms with Crippen LogP contribution in [0.4, 0.5) is 0 Å². The molecule has 2 aromatic carbocycles. The quantitative estimate of drug-likeness (QED) is 0.743. The second-order valence-electron chi connectivity index (χ2n) is 4.65. The van der Waals surface area contributed by atoms with Crippen molar-refractivity contribution >= 4 is 31.4 Å². The number of nitrogens with zero attached hydrogens (tertiary/aromatic N) is 1. The lowest BCUT2D eigenvalue weighted by molar-refractivity contribution is 0.595. The first-order valence-electron chi connectivity index (χ1n) is 6.18. The van der Waals surface area contributed by atoms with Gasteiger partial charge in [-0.1, -0.05) is 29.8 Å². The Labute approximate surface area is 121 Å². The minimum absolute atomic E-state index is 0.0462. The van der Waals surface area contributed by atoms with Gasteiger partial charge in [-0.15, -0.1) is 11.3 Å². The Morgan fingerprint density at radius 3 is 2.45 bits per heavy atom. The Balaban J connectivity index is 1.94. The number of hydrogen-bond donors (Lipinski definition) is 0. The molecule has 5 heteroatoms. The summed E-state index contributed by atoms with van der Waals surface area (Å²) in [7, 11) is -3.33. The second-order valence-corrected chi connectivity index (χ2v) is 7.75. The molecule has 0 N–H and O–H groups in total. The minimum Gasteiger partial charge on any atom is -0.240 e. The van der Waals surface area contributed by atoms with Gasteiger partial charge >= 0.3 is 0 Å². The minimum atomic E-state index is -3.33. The molecule has 0 amide bonds. The highest BCUT2D eigenvalue weighted by Gasteiger charge is 2.17. The van der Waals surface area contributed by atoms with Gasteiger partial charge in [0.1, 0.15) is 10.8 Å². The van der Waals surface area contributed by atoms with Gasteiger partial charge < -0.3 is 0 Å². The van der Waals surface area contributed by atoms with E-state index in [4.69, 9.17) is 0 Å². The Bertz CT molecular complexity index is 816. The first-order chi connectivity index (χ1) is 9.54. The number of thiazole rings is 1. The van der Waals surface area contributed by atoms with Crippen molar-refractivity contribution in [1.82, 2.24) is 4.98 Å². The van der Waals surface area contributed by atoms with Crippen molar-refractivity contribution in [3.63, 3.8) is 0 Å². The number of fused-ring (bicyclic) bond motifs is 1. The van der Waals surface area contributed by atoms with Crippen LogP contribution < -0.4 is 0 Å². The van der Waals surface area contributed by atoms with Crippen molar-refractivity contribution in [2.75, 3.05) is 0 Å². The van der Waals surface area contributed by atoms with E-state index in [9.17, 15) is 8.42 Å². The lowest BCUT2D eigenvalue weighted by atomic mass is 10.2. The van der Waals surface area contributed by atoms with E-state index in [1.165, 1.54) is 11.3 Å². The molecule has 0 saturated heterocycles. The highest BCUT2D eigenvalue weighted by molar-refractivity contribution is 7.90. The molecule has 0 aliphatic rings. The summed E-state index contributed by atoms with van der Waals surface area (Å²) in [5.74, 6) is -0.0462. The second kappa shape index (κ2) is 5.00. The maximum atomic E-state index is 12.4. The molecule has 0 aliphatic heterocycles. The van der Waals surface area contributed by atoms with Gasteiger partial charge in [0.25, 0.3) is 0 Å². The third kappa shape index (κ3) is 2.59. The standard InChI is InChI=1S/C15H13NO2S2/c1-11-6-8-12(9-7-11)20(17,18)10-15-16-13-4-2-3-5-14(13)19-15/h2-9H,10H2,1H3. The van der Waals surface area contributed by atoms with Crippen LogP contribution in [0.2, 0.25) is 0 Å². The van der Waals surface area contributed by atoms with Crippen LogP contribution in [0.25, 0.3) is 10.2 Å². The molecule has 0 unspecified atom stereocenters. The van der Waals surface area contributed by atoms with Gasteiger partial charge in [0.15, 0.2) is 9.84 Å². The van der Waals surface area contributed by atoms with E-state index in [0.29, 0.717) is 9.90 Å². The summed E-state index contributed by atoms with van der Waals surface area (Å²) in [6.07, 6.45) is 0. The van der Waals surface area contributed by atoms with Gasteiger partial charge in [-0.25, -0.2) is 13.4 Å². The summed E-state index contributed by atoms with van der Waals surface area (Å²) >= 11 is 1.43. The average Bonchev–Trinajstić information content (AvgIpc) is 2.80. The topological polar surface area (TPSA) is 47.0 Å². The van der Waals surface area contributed by atoms with Crippen LogP contribution >= 0.6 is 11.3 Å². The fraction of sp³-hybridized carbons (Fsp3) is 0.133. The Morgan fingerprint density at radius 2 is 1.75 bits per heavy atom. The molecule has 0 bridgehead atoms. The summed E-state index contributed by atoms with van der Waals surface area (Å²) in [5.41, 5.74) is 1.90. The molecule has 0 atom stereocenters. The van der Waals surface area contributed by atoms with Crippen LogP contribution in [0.5, 0.6) is 0 Å². The molecule has 1 heterocycles. The molecule has 3 rings (SSSR count). The number of rotatable bonds is 3. The summed E-state index contributed by atoms with van der Waals surface area (Å²) in [6.45, 7) is 1.93. The number of para-hydroxylation sites is 1. The summed E-state index contributed by atoms with van der Waals surface area (Å²) < 4.78 is 25.7.